The van der Waals surface area contributed by atoms with Crippen LogP contribution in [0.15, 0.2) is 24.3 Å². The van der Waals surface area contributed by atoms with Gasteiger partial charge in [0.15, 0.2) is 0 Å². The van der Waals surface area contributed by atoms with Gasteiger partial charge in [-0.25, -0.2) is 0 Å². The molecule has 0 radical (unpaired) electrons. The Labute approximate surface area is 115 Å². The molecule has 5 heteroatoms. The van der Waals surface area contributed by atoms with Gasteiger partial charge in [-0.1, -0.05) is 37.9 Å². The van der Waals surface area contributed by atoms with E-state index < -0.39 is 11.7 Å². The summed E-state index contributed by atoms with van der Waals surface area (Å²) in [5.41, 5.74) is -0.398. The van der Waals surface area contributed by atoms with Crippen molar-refractivity contribution in [3.05, 3.63) is 35.4 Å². The lowest BCUT2D eigenvalue weighted by Gasteiger charge is -2.07. The fourth-order valence-corrected chi connectivity index (χ4v) is 2.41. The van der Waals surface area contributed by atoms with Gasteiger partial charge < -0.3 is 0 Å². The van der Waals surface area contributed by atoms with Gasteiger partial charge in [-0.05, 0) is 30.7 Å². The Morgan fingerprint density at radius 1 is 1.11 bits per heavy atom. The monoisotopic (exact) mass is 290 g/mol. The van der Waals surface area contributed by atoms with Crippen molar-refractivity contribution in [1.82, 2.24) is 0 Å². The maximum atomic E-state index is 12.4. The van der Waals surface area contributed by atoms with E-state index >= 15 is 0 Å². The minimum atomic E-state index is -4.35. The molecule has 0 fully saturated rings. The highest BCUT2D eigenvalue weighted by Gasteiger charge is 2.30. The van der Waals surface area contributed by atoms with Crippen LogP contribution in [0.2, 0.25) is 0 Å². The number of thioether (sulfide) groups is 1. The molecule has 0 saturated heterocycles. The zero-order valence-corrected chi connectivity index (χ0v) is 11.6. The van der Waals surface area contributed by atoms with Crippen molar-refractivity contribution in [3.8, 4) is 0 Å². The van der Waals surface area contributed by atoms with Crippen molar-refractivity contribution < 1.29 is 18.0 Å². The Morgan fingerprint density at radius 2 is 1.74 bits per heavy atom. The zero-order chi connectivity index (χ0) is 14.3. The molecule has 0 aliphatic carbocycles. The van der Waals surface area contributed by atoms with Crippen molar-refractivity contribution in [1.29, 1.82) is 0 Å². The summed E-state index contributed by atoms with van der Waals surface area (Å²) >= 11 is 1.17. The Kier molecular flexibility index (Phi) is 6.42. The normalized spacial score (nSPS) is 11.6. The highest BCUT2D eigenvalue weighted by molar-refractivity contribution is 8.14. The molecule has 1 rings (SSSR count). The van der Waals surface area contributed by atoms with E-state index in [-0.39, 0.29) is 5.12 Å². The number of benzene rings is 1. The highest BCUT2D eigenvalue weighted by Crippen LogP contribution is 2.29. The maximum Gasteiger partial charge on any atom is 0.416 e. The molecule has 106 valence electrons. The molecule has 0 bridgehead atoms. The standard InChI is InChI=1S/C14H17F3OS/c1-2-3-4-5-10-19-13(18)11-6-8-12(9-7-11)14(15,16)17/h6-9H,2-5,10H2,1H3. The topological polar surface area (TPSA) is 17.1 Å². The summed E-state index contributed by atoms with van der Waals surface area (Å²) in [7, 11) is 0. The lowest BCUT2D eigenvalue weighted by Crippen LogP contribution is -2.05. The smallest absolute Gasteiger partial charge is 0.282 e. The van der Waals surface area contributed by atoms with Gasteiger partial charge in [-0.3, -0.25) is 4.79 Å². The maximum absolute atomic E-state index is 12.4. The lowest BCUT2D eigenvalue weighted by molar-refractivity contribution is -0.137. The van der Waals surface area contributed by atoms with Crippen LogP contribution in [-0.2, 0) is 6.18 Å². The summed E-state index contributed by atoms with van der Waals surface area (Å²) in [6.07, 6.45) is -0.0178. The number of hydrogen-bond acceptors (Lipinski definition) is 2. The highest BCUT2D eigenvalue weighted by atomic mass is 32.2. The van der Waals surface area contributed by atoms with Gasteiger partial charge in [0, 0.05) is 11.3 Å². The van der Waals surface area contributed by atoms with E-state index in [1.54, 1.807) is 0 Å². The Hall–Kier alpha value is -0.970. The van der Waals surface area contributed by atoms with Gasteiger partial charge in [-0.2, -0.15) is 13.2 Å². The third-order valence-corrected chi connectivity index (χ3v) is 3.67. The SMILES string of the molecule is CCCCCCSC(=O)c1ccc(C(F)(F)F)cc1. The first-order chi connectivity index (χ1) is 8.95. The van der Waals surface area contributed by atoms with Crippen LogP contribution in [0.25, 0.3) is 0 Å². The summed E-state index contributed by atoms with van der Waals surface area (Å²) in [5, 5.41) is -0.162. The molecule has 0 aliphatic heterocycles. The van der Waals surface area contributed by atoms with Crippen LogP contribution in [0, 0.1) is 0 Å². The average Bonchev–Trinajstić information content (AvgIpc) is 2.37. The van der Waals surface area contributed by atoms with E-state index in [9.17, 15) is 18.0 Å². The van der Waals surface area contributed by atoms with Crippen molar-refractivity contribution >= 4 is 16.9 Å². The van der Waals surface area contributed by atoms with E-state index in [0.717, 1.165) is 43.6 Å². The van der Waals surface area contributed by atoms with Gasteiger partial charge in [0.05, 0.1) is 5.56 Å². The number of hydrogen-bond donors (Lipinski definition) is 0. The first kappa shape index (κ1) is 16.1. The second-order valence-electron chi connectivity index (χ2n) is 4.27. The lowest BCUT2D eigenvalue weighted by atomic mass is 10.1. The van der Waals surface area contributed by atoms with Crippen LogP contribution >= 0.6 is 11.8 Å². The summed E-state index contributed by atoms with van der Waals surface area (Å²) in [5.74, 6) is 0.722. The predicted octanol–water partition coefficient (Wildman–Crippen LogP) is 5.16. The van der Waals surface area contributed by atoms with E-state index in [4.69, 9.17) is 0 Å². The number of rotatable bonds is 6. The van der Waals surface area contributed by atoms with E-state index in [2.05, 4.69) is 6.92 Å². The Bertz CT molecular complexity index is 398. The van der Waals surface area contributed by atoms with Crippen LogP contribution in [0.5, 0.6) is 0 Å². The van der Waals surface area contributed by atoms with Crippen LogP contribution in [0.1, 0.15) is 48.5 Å². The van der Waals surface area contributed by atoms with E-state index in [1.807, 2.05) is 0 Å². The van der Waals surface area contributed by atoms with Crippen molar-refractivity contribution in [3.63, 3.8) is 0 Å². The van der Waals surface area contributed by atoms with E-state index in [0.29, 0.717) is 5.56 Å². The fourth-order valence-electron chi connectivity index (χ4n) is 1.57. The molecule has 0 atom stereocenters. The van der Waals surface area contributed by atoms with Crippen molar-refractivity contribution in [2.24, 2.45) is 0 Å². The van der Waals surface area contributed by atoms with Gasteiger partial charge >= 0.3 is 6.18 Å². The van der Waals surface area contributed by atoms with Gasteiger partial charge in [0.2, 0.25) is 5.12 Å². The van der Waals surface area contributed by atoms with Crippen LogP contribution in [0.3, 0.4) is 0 Å². The summed E-state index contributed by atoms with van der Waals surface area (Å²) in [4.78, 5) is 11.7. The molecule has 0 heterocycles. The molecule has 0 aliphatic rings. The molecule has 0 N–H and O–H groups in total. The first-order valence-electron chi connectivity index (χ1n) is 6.29. The quantitative estimate of drug-likeness (QED) is 0.673. The third kappa shape index (κ3) is 5.68. The molecule has 1 nitrogen and oxygen atoms in total. The minimum Gasteiger partial charge on any atom is -0.282 e. The number of unbranched alkanes of at least 4 members (excludes halogenated alkanes) is 3. The second kappa shape index (κ2) is 7.58. The predicted molar refractivity (Wildman–Crippen MR) is 72.4 cm³/mol. The van der Waals surface area contributed by atoms with Gasteiger partial charge in [-0.15, -0.1) is 0 Å². The molecule has 0 saturated carbocycles. The molecule has 0 aromatic heterocycles. The molecular formula is C14H17F3OS. The number of halogens is 3. The molecule has 19 heavy (non-hydrogen) atoms. The Balaban J connectivity index is 2.45. The number of carbonyl (C=O) groups is 1. The third-order valence-electron chi connectivity index (χ3n) is 2.68. The van der Waals surface area contributed by atoms with Crippen LogP contribution in [-0.4, -0.2) is 10.9 Å². The van der Waals surface area contributed by atoms with Gasteiger partial charge in [0.1, 0.15) is 0 Å². The van der Waals surface area contributed by atoms with Crippen molar-refractivity contribution in [2.45, 2.75) is 38.8 Å². The molecule has 0 amide bonds. The fraction of sp³-hybridized carbons (Fsp3) is 0.500. The van der Waals surface area contributed by atoms with E-state index in [1.165, 1.54) is 23.9 Å². The zero-order valence-electron chi connectivity index (χ0n) is 10.8. The van der Waals surface area contributed by atoms with Crippen LogP contribution < -0.4 is 0 Å². The first-order valence-corrected chi connectivity index (χ1v) is 7.28. The molecular weight excluding hydrogens is 273 g/mol. The number of carbonyl (C=O) groups excluding carboxylic acids is 1. The second-order valence-corrected chi connectivity index (χ2v) is 5.34. The van der Waals surface area contributed by atoms with Crippen molar-refractivity contribution in [2.75, 3.05) is 5.75 Å². The summed E-state index contributed by atoms with van der Waals surface area (Å²) in [6.45, 7) is 2.11. The van der Waals surface area contributed by atoms with Crippen LogP contribution in [0.4, 0.5) is 13.2 Å². The molecule has 0 spiro atoms. The number of alkyl halides is 3. The summed E-state index contributed by atoms with van der Waals surface area (Å²) in [6, 6.07) is 4.38. The minimum absolute atomic E-state index is 0.162. The van der Waals surface area contributed by atoms with Gasteiger partial charge in [0.25, 0.3) is 0 Å². The largest absolute Gasteiger partial charge is 0.416 e. The molecule has 1 aromatic carbocycles. The Morgan fingerprint density at radius 3 is 2.26 bits per heavy atom. The average molecular weight is 290 g/mol. The molecule has 0 unspecified atom stereocenters. The molecule has 1 aromatic rings. The summed E-state index contributed by atoms with van der Waals surface area (Å²) < 4.78 is 37.1.